The highest BCUT2D eigenvalue weighted by Crippen LogP contribution is 2.38. The van der Waals surface area contributed by atoms with Gasteiger partial charge in [-0.1, -0.05) is 77.5 Å². The van der Waals surface area contributed by atoms with Gasteiger partial charge in [-0.2, -0.15) is 0 Å². The number of amides is 9. The molecule has 12 atom stereocenters. The lowest BCUT2D eigenvalue weighted by atomic mass is 9.88. The van der Waals surface area contributed by atoms with Crippen molar-refractivity contribution in [1.29, 1.82) is 0 Å². The molecule has 0 bridgehead atoms. The van der Waals surface area contributed by atoms with Crippen molar-refractivity contribution >= 4 is 65.4 Å². The topological polar surface area (TPSA) is 365 Å². The fourth-order valence-electron chi connectivity index (χ4n) is 10.8. The number of nitrogens with one attached hydrogen (secondary N) is 4. The molecule has 4 aliphatic rings. The Morgan fingerprint density at radius 3 is 2.18 bits per heavy atom. The Morgan fingerprint density at radius 2 is 1.56 bits per heavy atom. The lowest BCUT2D eigenvalue weighted by molar-refractivity contribution is -0.158. The highest BCUT2D eigenvalue weighted by atomic mass is 16.6. The van der Waals surface area contributed by atoms with Crippen LogP contribution in [0.25, 0.3) is 0 Å². The normalized spacial score (nSPS) is 24.7. The van der Waals surface area contributed by atoms with Gasteiger partial charge >= 0.3 is 30.2 Å². The molecule has 5 rings (SSSR count). The molecular formula is C64H94N8O18. The number of ether oxygens (including phenoxy) is 5. The van der Waals surface area contributed by atoms with E-state index in [1.54, 1.807) is 96.2 Å². The summed E-state index contributed by atoms with van der Waals surface area (Å²) in [6.45, 7) is 15.8. The van der Waals surface area contributed by atoms with Crippen LogP contribution in [0, 0.1) is 17.8 Å². The summed E-state index contributed by atoms with van der Waals surface area (Å²) in [5.74, 6) is -4.62. The van der Waals surface area contributed by atoms with Crippen LogP contribution in [0.5, 0.6) is 0 Å². The van der Waals surface area contributed by atoms with Gasteiger partial charge in [0.15, 0.2) is 11.7 Å². The number of carbonyl (C=O) groups excluding carboxylic acids is 10. The number of aliphatic hydroxyl groups excluding tert-OH is 2. The van der Waals surface area contributed by atoms with E-state index >= 15 is 0 Å². The maximum absolute atomic E-state index is 14.0. The van der Waals surface area contributed by atoms with Gasteiger partial charge < -0.3 is 75.8 Å². The number of imide groups is 1. The van der Waals surface area contributed by atoms with Gasteiger partial charge in [0, 0.05) is 88.7 Å². The molecule has 0 radical (unpaired) electrons. The maximum atomic E-state index is 14.0. The first-order chi connectivity index (χ1) is 42.5. The highest BCUT2D eigenvalue weighted by Gasteiger charge is 2.47. The summed E-state index contributed by atoms with van der Waals surface area (Å²) in [7, 11) is 0. The van der Waals surface area contributed by atoms with Crippen LogP contribution in [0.1, 0.15) is 139 Å². The summed E-state index contributed by atoms with van der Waals surface area (Å²) in [5.41, 5.74) is 3.96. The van der Waals surface area contributed by atoms with E-state index in [0.29, 0.717) is 48.9 Å². The van der Waals surface area contributed by atoms with Gasteiger partial charge in [0.1, 0.15) is 24.8 Å². The second kappa shape index (κ2) is 34.5. The molecule has 0 unspecified atom stereocenters. The van der Waals surface area contributed by atoms with Crippen molar-refractivity contribution in [2.24, 2.45) is 23.5 Å². The SMILES string of the molecule is CC[C@H](O)[C@@H](C)[C@H]1O[C@@H]1C[C@@](C)(O)/C=C/C=C(\C)[C@H]1OC(=O)C[C@H](O)CC[C@@](C)(OC(=O)N2CCN(C(=O)OCc3ccc(NC(=O)[C@H](CCCNC(N)=O)NC(=O)[C@@H](NC(=O)CCCCCN4C(=O)C=CC4=O)C(C)C)cc3)CC2)[C@@H](OC(C)=O)/C=C/[C@@H]1C. The first kappa shape index (κ1) is 73.1. The van der Waals surface area contributed by atoms with Crippen LogP contribution in [0.15, 0.2) is 72.4 Å². The fraction of sp³-hybridized carbons (Fsp3) is 0.625. The van der Waals surface area contributed by atoms with Gasteiger partial charge in [-0.25, -0.2) is 14.4 Å². The van der Waals surface area contributed by atoms with Crippen molar-refractivity contribution in [2.45, 2.75) is 199 Å². The number of piperazine rings is 1. The van der Waals surface area contributed by atoms with Crippen molar-refractivity contribution in [3.63, 3.8) is 0 Å². The van der Waals surface area contributed by atoms with Gasteiger partial charge in [0.2, 0.25) is 17.7 Å². The molecule has 1 aromatic rings. The summed E-state index contributed by atoms with van der Waals surface area (Å²) in [6.07, 6.45) is 7.60. The highest BCUT2D eigenvalue weighted by molar-refractivity contribution is 6.12. The standard InChI is InChI=1S/C64H94N8O18/c1-10-48(75)42(6)57-49(88-57)37-63(8,85)28-14-16-40(4)56-41(5)19-24-50(87-43(7)73)64(9,29-27-46(74)36-54(79)89-56)90-62(84)71-34-32-70(33-35-71)61(83)86-38-44-20-22-45(23-21-44)67-58(80)47(17-15-30-66-60(65)82)68-59(81)55(39(2)3)69-51(76)18-12-11-13-31-72-52(77)25-26-53(72)78/h14,16,19-26,28,39,41-42,46-50,55-57,74-75,85H,10-13,15,17-18,27,29-38H2,1-9H3,(H,67,80)(H,68,81)(H,69,76)(H3,65,66,82)/b24-19+,28-14+,40-16+/t41-,42+,46+,47-,48-,49+,50-,55-,56+,57+,63-,64+/m0/s1. The number of anilines is 1. The number of urea groups is 1. The first-order valence-corrected chi connectivity index (χ1v) is 31.1. The molecule has 0 saturated carbocycles. The van der Waals surface area contributed by atoms with Gasteiger partial charge in [0.05, 0.1) is 36.4 Å². The molecule has 9 N–H and O–H groups in total. The molecule has 2 saturated heterocycles. The summed E-state index contributed by atoms with van der Waals surface area (Å²) in [6, 6.07) is 3.59. The monoisotopic (exact) mass is 1260 g/mol. The minimum absolute atomic E-state index is 0.0289. The molecule has 90 heavy (non-hydrogen) atoms. The zero-order chi connectivity index (χ0) is 66.5. The molecule has 4 aliphatic heterocycles. The molecule has 0 aromatic heterocycles. The van der Waals surface area contributed by atoms with Crippen LogP contribution in [-0.4, -0.2) is 189 Å². The number of epoxide rings is 1. The third kappa shape index (κ3) is 23.3. The van der Waals surface area contributed by atoms with Crippen LogP contribution in [0.4, 0.5) is 20.1 Å². The summed E-state index contributed by atoms with van der Waals surface area (Å²) >= 11 is 0. The van der Waals surface area contributed by atoms with E-state index in [2.05, 4.69) is 21.3 Å². The molecule has 0 spiro atoms. The molecule has 498 valence electrons. The lowest BCUT2D eigenvalue weighted by Gasteiger charge is -2.39. The molecule has 9 amide bonds. The average molecular weight is 1260 g/mol. The summed E-state index contributed by atoms with van der Waals surface area (Å²) in [5, 5.41) is 43.3. The zero-order valence-electron chi connectivity index (χ0n) is 53.3. The van der Waals surface area contributed by atoms with Crippen LogP contribution in [0.2, 0.25) is 0 Å². The molecular weight excluding hydrogens is 1170 g/mol. The van der Waals surface area contributed by atoms with Crippen molar-refractivity contribution in [2.75, 3.05) is 44.6 Å². The van der Waals surface area contributed by atoms with Crippen molar-refractivity contribution in [3.8, 4) is 0 Å². The summed E-state index contributed by atoms with van der Waals surface area (Å²) < 4.78 is 29.3. The van der Waals surface area contributed by atoms with Crippen LogP contribution >= 0.6 is 0 Å². The molecule has 2 fully saturated rings. The number of rotatable bonds is 28. The van der Waals surface area contributed by atoms with Crippen LogP contribution < -0.4 is 27.0 Å². The molecule has 1 aromatic carbocycles. The number of aliphatic hydroxyl groups is 3. The minimum atomic E-state index is -1.55. The smallest absolute Gasteiger partial charge is 0.410 e. The number of unbranched alkanes of at least 4 members (excludes halogenated alkanes) is 2. The van der Waals surface area contributed by atoms with Gasteiger partial charge in [-0.3, -0.25) is 38.5 Å². The van der Waals surface area contributed by atoms with Crippen molar-refractivity contribution in [1.82, 2.24) is 30.7 Å². The molecule has 26 nitrogen and oxygen atoms in total. The largest absolute Gasteiger partial charge is 0.457 e. The van der Waals surface area contributed by atoms with E-state index in [-0.39, 0.29) is 126 Å². The predicted octanol–water partition coefficient (Wildman–Crippen LogP) is 4.73. The van der Waals surface area contributed by atoms with E-state index in [4.69, 9.17) is 29.4 Å². The fourth-order valence-corrected chi connectivity index (χ4v) is 10.8. The van der Waals surface area contributed by atoms with Crippen molar-refractivity contribution in [3.05, 3.63) is 77.9 Å². The van der Waals surface area contributed by atoms with Gasteiger partial charge in [-0.15, -0.1) is 0 Å². The summed E-state index contributed by atoms with van der Waals surface area (Å²) in [4.78, 5) is 132. The molecule has 26 heteroatoms. The third-order valence-corrected chi connectivity index (χ3v) is 16.4. The van der Waals surface area contributed by atoms with E-state index in [9.17, 15) is 63.3 Å². The predicted molar refractivity (Wildman–Crippen MR) is 329 cm³/mol. The van der Waals surface area contributed by atoms with Crippen LogP contribution in [-0.2, 0) is 63.9 Å². The number of benzene rings is 1. The second-order valence-electron chi connectivity index (χ2n) is 24.5. The van der Waals surface area contributed by atoms with Gasteiger partial charge in [0.25, 0.3) is 11.8 Å². The van der Waals surface area contributed by atoms with E-state index < -0.39 is 95.6 Å². The number of primary amides is 1. The Labute approximate surface area is 526 Å². The Morgan fingerprint density at radius 1 is 0.900 bits per heavy atom. The van der Waals surface area contributed by atoms with E-state index in [1.165, 1.54) is 28.9 Å². The number of hydrogen-bond acceptors (Lipinski definition) is 18. The number of nitrogens with two attached hydrogens (primary N) is 1. The third-order valence-electron chi connectivity index (χ3n) is 16.4. The quantitative estimate of drug-likeness (QED) is 0.0107. The number of cyclic esters (lactones) is 1. The minimum Gasteiger partial charge on any atom is -0.457 e. The van der Waals surface area contributed by atoms with E-state index in [0.717, 1.165) is 4.90 Å². The lowest BCUT2D eigenvalue weighted by Crippen LogP contribution is -2.54. The number of carbonyl (C=O) groups is 10. The Balaban J connectivity index is 1.13. The Bertz CT molecular complexity index is 2780. The number of allylic oxidation sites excluding steroid dienone is 2. The Hall–Kier alpha value is -7.68. The number of esters is 2. The number of hydrogen-bond donors (Lipinski definition) is 8. The molecule has 0 aliphatic carbocycles. The zero-order valence-corrected chi connectivity index (χ0v) is 53.3. The average Bonchev–Trinajstić information content (AvgIpc) is 1.86. The van der Waals surface area contributed by atoms with Crippen molar-refractivity contribution < 1.29 is 86.9 Å². The maximum Gasteiger partial charge on any atom is 0.410 e. The van der Waals surface area contributed by atoms with Gasteiger partial charge in [-0.05, 0) is 101 Å². The second-order valence-corrected chi connectivity index (χ2v) is 24.5. The Kier molecular flexibility index (Phi) is 28.0. The first-order valence-electron chi connectivity index (χ1n) is 31.1. The van der Waals surface area contributed by atoms with E-state index in [1.807, 2.05) is 13.8 Å². The number of nitrogens with zero attached hydrogens (tertiary/aromatic N) is 3. The molecule has 4 heterocycles. The van der Waals surface area contributed by atoms with Crippen LogP contribution in [0.3, 0.4) is 0 Å².